The highest BCUT2D eigenvalue weighted by Gasteiger charge is 2.19. The highest BCUT2D eigenvalue weighted by Crippen LogP contribution is 2.27. The van der Waals surface area contributed by atoms with Crippen LogP contribution in [0, 0.1) is 20.8 Å². The normalized spacial score (nSPS) is 13.6. The van der Waals surface area contributed by atoms with Crippen molar-refractivity contribution >= 4 is 17.3 Å². The summed E-state index contributed by atoms with van der Waals surface area (Å²) < 4.78 is 0. The minimum atomic E-state index is 0.0432. The molecule has 0 bridgehead atoms. The van der Waals surface area contributed by atoms with Crippen molar-refractivity contribution in [3.8, 4) is 0 Å². The van der Waals surface area contributed by atoms with Gasteiger partial charge in [-0.15, -0.1) is 0 Å². The summed E-state index contributed by atoms with van der Waals surface area (Å²) in [7, 11) is 0. The SMILES string of the molecule is Cc1ccc2c(c1)CCCN2CC(=O)Nc1ccc(C)c(C)c1. The van der Waals surface area contributed by atoms with Crippen LogP contribution in [-0.2, 0) is 11.2 Å². The van der Waals surface area contributed by atoms with Gasteiger partial charge in [-0.3, -0.25) is 4.79 Å². The number of nitrogens with one attached hydrogen (secondary N) is 1. The lowest BCUT2D eigenvalue weighted by molar-refractivity contribution is -0.115. The van der Waals surface area contributed by atoms with Crippen LogP contribution >= 0.6 is 0 Å². The van der Waals surface area contributed by atoms with Gasteiger partial charge in [0.2, 0.25) is 5.91 Å². The van der Waals surface area contributed by atoms with E-state index in [1.807, 2.05) is 18.2 Å². The van der Waals surface area contributed by atoms with Crippen molar-refractivity contribution in [1.29, 1.82) is 0 Å². The largest absolute Gasteiger partial charge is 0.362 e. The molecule has 0 aliphatic carbocycles. The molecule has 120 valence electrons. The molecule has 2 aromatic rings. The summed E-state index contributed by atoms with van der Waals surface area (Å²) in [5.41, 5.74) is 7.15. The Morgan fingerprint density at radius 1 is 1.09 bits per heavy atom. The summed E-state index contributed by atoms with van der Waals surface area (Å²) >= 11 is 0. The molecular formula is C20H24N2O. The molecule has 23 heavy (non-hydrogen) atoms. The maximum Gasteiger partial charge on any atom is 0.243 e. The average Bonchev–Trinajstić information content (AvgIpc) is 2.51. The van der Waals surface area contributed by atoms with Gasteiger partial charge in [0.15, 0.2) is 0 Å². The van der Waals surface area contributed by atoms with Crippen molar-refractivity contribution in [2.24, 2.45) is 0 Å². The first kappa shape index (κ1) is 15.6. The molecule has 0 unspecified atom stereocenters. The number of fused-ring (bicyclic) bond motifs is 1. The highest BCUT2D eigenvalue weighted by molar-refractivity contribution is 5.94. The molecule has 1 N–H and O–H groups in total. The van der Waals surface area contributed by atoms with Gasteiger partial charge in [0.05, 0.1) is 6.54 Å². The molecule has 1 amide bonds. The van der Waals surface area contributed by atoms with Crippen LogP contribution in [0.1, 0.15) is 28.7 Å². The highest BCUT2D eigenvalue weighted by atomic mass is 16.2. The van der Waals surface area contributed by atoms with Gasteiger partial charge >= 0.3 is 0 Å². The van der Waals surface area contributed by atoms with Crippen LogP contribution in [-0.4, -0.2) is 19.0 Å². The van der Waals surface area contributed by atoms with Crippen molar-refractivity contribution in [3.05, 3.63) is 58.7 Å². The molecule has 3 rings (SSSR count). The zero-order valence-electron chi connectivity index (χ0n) is 14.1. The molecular weight excluding hydrogens is 284 g/mol. The van der Waals surface area contributed by atoms with Crippen molar-refractivity contribution < 1.29 is 4.79 Å². The van der Waals surface area contributed by atoms with Crippen LogP contribution in [0.25, 0.3) is 0 Å². The number of carbonyl (C=O) groups is 1. The molecule has 1 heterocycles. The van der Waals surface area contributed by atoms with Gasteiger partial charge in [-0.1, -0.05) is 23.8 Å². The van der Waals surface area contributed by atoms with E-state index >= 15 is 0 Å². The molecule has 3 nitrogen and oxygen atoms in total. The lowest BCUT2D eigenvalue weighted by Crippen LogP contribution is -2.36. The van der Waals surface area contributed by atoms with Crippen molar-refractivity contribution in [2.75, 3.05) is 23.3 Å². The quantitative estimate of drug-likeness (QED) is 0.929. The summed E-state index contributed by atoms with van der Waals surface area (Å²) in [6.45, 7) is 7.60. The van der Waals surface area contributed by atoms with Gasteiger partial charge in [0.25, 0.3) is 0 Å². The number of benzene rings is 2. The smallest absolute Gasteiger partial charge is 0.243 e. The van der Waals surface area contributed by atoms with Gasteiger partial charge in [-0.05, 0) is 68.5 Å². The third-order valence-corrected chi connectivity index (χ3v) is 4.57. The van der Waals surface area contributed by atoms with Crippen LogP contribution in [0.4, 0.5) is 11.4 Å². The first-order chi connectivity index (χ1) is 11.0. The number of rotatable bonds is 3. The van der Waals surface area contributed by atoms with Gasteiger partial charge in [0.1, 0.15) is 0 Å². The first-order valence-electron chi connectivity index (χ1n) is 8.24. The maximum atomic E-state index is 12.4. The van der Waals surface area contributed by atoms with Gasteiger partial charge in [0, 0.05) is 17.9 Å². The Kier molecular flexibility index (Phi) is 4.37. The number of anilines is 2. The fraction of sp³-hybridized carbons (Fsp3) is 0.350. The molecule has 0 atom stereocenters. The molecule has 0 aromatic heterocycles. The summed E-state index contributed by atoms with van der Waals surface area (Å²) in [5.74, 6) is 0.0432. The Bertz CT molecular complexity index is 736. The van der Waals surface area contributed by atoms with E-state index in [-0.39, 0.29) is 5.91 Å². The second-order valence-corrected chi connectivity index (χ2v) is 6.50. The Morgan fingerprint density at radius 3 is 2.70 bits per heavy atom. The van der Waals surface area contributed by atoms with Crippen LogP contribution < -0.4 is 10.2 Å². The van der Waals surface area contributed by atoms with Crippen molar-refractivity contribution in [2.45, 2.75) is 33.6 Å². The summed E-state index contributed by atoms with van der Waals surface area (Å²) in [6.07, 6.45) is 2.21. The van der Waals surface area contributed by atoms with E-state index in [9.17, 15) is 4.79 Å². The van der Waals surface area contributed by atoms with Crippen molar-refractivity contribution in [3.63, 3.8) is 0 Å². The Labute approximate surface area is 138 Å². The standard InChI is InChI=1S/C20H24N2O/c1-14-6-9-19-17(11-14)5-4-10-22(19)13-20(23)21-18-8-7-15(2)16(3)12-18/h6-9,11-12H,4-5,10,13H2,1-3H3,(H,21,23). The Morgan fingerprint density at radius 2 is 1.91 bits per heavy atom. The molecule has 0 fully saturated rings. The topological polar surface area (TPSA) is 32.3 Å². The zero-order valence-corrected chi connectivity index (χ0v) is 14.1. The van der Waals surface area contributed by atoms with Gasteiger partial charge in [-0.2, -0.15) is 0 Å². The first-order valence-corrected chi connectivity index (χ1v) is 8.24. The van der Waals surface area contributed by atoms with E-state index in [4.69, 9.17) is 0 Å². The zero-order chi connectivity index (χ0) is 16.4. The number of nitrogens with zero attached hydrogens (tertiary/aromatic N) is 1. The lowest BCUT2D eigenvalue weighted by Gasteiger charge is -2.31. The summed E-state index contributed by atoms with van der Waals surface area (Å²) in [5, 5.41) is 3.02. The average molecular weight is 308 g/mol. The number of aryl methyl sites for hydroxylation is 4. The molecule has 0 saturated heterocycles. The van der Waals surface area contributed by atoms with E-state index in [0.29, 0.717) is 6.54 Å². The Hall–Kier alpha value is -2.29. The fourth-order valence-electron chi connectivity index (χ4n) is 3.16. The number of amides is 1. The number of carbonyl (C=O) groups excluding carboxylic acids is 1. The van der Waals surface area contributed by atoms with Crippen LogP contribution in [0.5, 0.6) is 0 Å². The van der Waals surface area contributed by atoms with E-state index in [1.54, 1.807) is 0 Å². The fourth-order valence-corrected chi connectivity index (χ4v) is 3.16. The monoisotopic (exact) mass is 308 g/mol. The summed E-state index contributed by atoms with van der Waals surface area (Å²) in [6, 6.07) is 12.5. The minimum Gasteiger partial charge on any atom is -0.362 e. The van der Waals surface area contributed by atoms with Crippen molar-refractivity contribution in [1.82, 2.24) is 0 Å². The molecule has 1 aliphatic heterocycles. The van der Waals surface area contributed by atoms with Gasteiger partial charge in [-0.25, -0.2) is 0 Å². The third kappa shape index (κ3) is 3.55. The van der Waals surface area contributed by atoms with E-state index in [0.717, 1.165) is 25.1 Å². The van der Waals surface area contributed by atoms with Crippen LogP contribution in [0.2, 0.25) is 0 Å². The molecule has 0 spiro atoms. The molecule has 3 heteroatoms. The predicted molar refractivity (Wildman–Crippen MR) is 96.3 cm³/mol. The minimum absolute atomic E-state index is 0.0432. The number of hydrogen-bond donors (Lipinski definition) is 1. The molecule has 0 saturated carbocycles. The maximum absolute atomic E-state index is 12.4. The molecule has 0 radical (unpaired) electrons. The lowest BCUT2D eigenvalue weighted by atomic mass is 9.99. The molecule has 1 aliphatic rings. The van der Waals surface area contributed by atoms with Crippen LogP contribution in [0.3, 0.4) is 0 Å². The predicted octanol–water partition coefficient (Wildman–Crippen LogP) is 4.00. The Balaban J connectivity index is 1.70. The van der Waals surface area contributed by atoms with Gasteiger partial charge < -0.3 is 10.2 Å². The van der Waals surface area contributed by atoms with E-state index in [2.05, 4.69) is 49.2 Å². The van der Waals surface area contributed by atoms with E-state index in [1.165, 1.54) is 27.9 Å². The van der Waals surface area contributed by atoms with E-state index < -0.39 is 0 Å². The second kappa shape index (κ2) is 6.45. The second-order valence-electron chi connectivity index (χ2n) is 6.50. The van der Waals surface area contributed by atoms with Crippen LogP contribution in [0.15, 0.2) is 36.4 Å². The number of hydrogen-bond acceptors (Lipinski definition) is 2. The summed E-state index contributed by atoms with van der Waals surface area (Å²) in [4.78, 5) is 14.6. The third-order valence-electron chi connectivity index (χ3n) is 4.57. The molecule has 2 aromatic carbocycles.